The molecule has 1 saturated heterocycles. The number of anilines is 1. The van der Waals surface area contributed by atoms with Gasteiger partial charge in [0.1, 0.15) is 0 Å². The van der Waals surface area contributed by atoms with Crippen LogP contribution in [0.5, 0.6) is 0 Å². The van der Waals surface area contributed by atoms with E-state index in [9.17, 15) is 9.59 Å². The Morgan fingerprint density at radius 2 is 2.15 bits per heavy atom. The minimum absolute atomic E-state index is 0.123. The Morgan fingerprint density at radius 1 is 1.40 bits per heavy atom. The minimum atomic E-state index is 0.123. The minimum Gasteiger partial charge on any atom is -0.311 e. The van der Waals surface area contributed by atoms with Crippen molar-refractivity contribution in [1.82, 2.24) is 0 Å². The molecule has 1 atom stereocenters. The molecule has 5 heteroatoms. The molecule has 3 nitrogen and oxygen atoms in total. The van der Waals surface area contributed by atoms with Crippen LogP contribution >= 0.6 is 23.5 Å². The maximum absolute atomic E-state index is 12.2. The second kappa shape index (κ2) is 7.18. The summed E-state index contributed by atoms with van der Waals surface area (Å²) in [6, 6.07) is 8.05. The molecule has 1 unspecified atom stereocenters. The predicted octanol–water partition coefficient (Wildman–Crippen LogP) is 3.43. The number of thioether (sulfide) groups is 2. The highest BCUT2D eigenvalue weighted by Gasteiger charge is 2.31. The standard InChI is InChI=1S/C15H19NO2S2/c1-3-19-14-7-5-4-6-13(14)16-9-12(8-15(16)18)10-20-11(2)17/h4-7,12H,3,8-10H2,1-2H3. The van der Waals surface area contributed by atoms with Gasteiger partial charge in [-0.3, -0.25) is 9.59 Å². The van der Waals surface area contributed by atoms with Crippen LogP contribution in [0, 0.1) is 5.92 Å². The average Bonchev–Trinajstić information content (AvgIpc) is 2.79. The molecule has 1 heterocycles. The summed E-state index contributed by atoms with van der Waals surface area (Å²) in [6.45, 7) is 4.41. The van der Waals surface area contributed by atoms with Crippen LogP contribution in [0.1, 0.15) is 20.3 Å². The first kappa shape index (κ1) is 15.4. The number of carbonyl (C=O) groups is 2. The van der Waals surface area contributed by atoms with Crippen molar-refractivity contribution in [3.8, 4) is 0 Å². The Hall–Kier alpha value is -0.940. The first-order valence-corrected chi connectivity index (χ1v) is 8.74. The number of amides is 1. The van der Waals surface area contributed by atoms with Crippen molar-refractivity contribution < 1.29 is 9.59 Å². The number of hydrogen-bond acceptors (Lipinski definition) is 4. The number of para-hydroxylation sites is 1. The van der Waals surface area contributed by atoms with Gasteiger partial charge in [0, 0.05) is 30.5 Å². The number of nitrogens with zero attached hydrogens (tertiary/aromatic N) is 1. The van der Waals surface area contributed by atoms with E-state index in [2.05, 4.69) is 13.0 Å². The highest BCUT2D eigenvalue weighted by atomic mass is 32.2. The Bertz CT molecular complexity index is 504. The van der Waals surface area contributed by atoms with Crippen LogP contribution in [0.2, 0.25) is 0 Å². The molecule has 0 aromatic heterocycles. The van der Waals surface area contributed by atoms with Crippen LogP contribution in [0.4, 0.5) is 5.69 Å². The highest BCUT2D eigenvalue weighted by molar-refractivity contribution is 8.13. The van der Waals surface area contributed by atoms with Gasteiger partial charge < -0.3 is 4.90 Å². The van der Waals surface area contributed by atoms with Gasteiger partial charge in [0.2, 0.25) is 5.91 Å². The lowest BCUT2D eigenvalue weighted by molar-refractivity contribution is -0.117. The number of hydrogen-bond donors (Lipinski definition) is 0. The van der Waals surface area contributed by atoms with Crippen LogP contribution in [0.3, 0.4) is 0 Å². The molecular weight excluding hydrogens is 290 g/mol. The molecule has 2 rings (SSSR count). The van der Waals surface area contributed by atoms with Crippen molar-refractivity contribution in [3.05, 3.63) is 24.3 Å². The third-order valence-electron chi connectivity index (χ3n) is 3.18. The normalized spacial score (nSPS) is 18.6. The van der Waals surface area contributed by atoms with Gasteiger partial charge in [-0.1, -0.05) is 30.8 Å². The Kier molecular flexibility index (Phi) is 5.54. The SMILES string of the molecule is CCSc1ccccc1N1CC(CSC(C)=O)CC1=O. The maximum atomic E-state index is 12.2. The molecule has 20 heavy (non-hydrogen) atoms. The van der Waals surface area contributed by atoms with E-state index in [0.717, 1.165) is 28.6 Å². The molecule has 1 aromatic carbocycles. The van der Waals surface area contributed by atoms with Gasteiger partial charge in [-0.2, -0.15) is 0 Å². The van der Waals surface area contributed by atoms with Gasteiger partial charge in [0.15, 0.2) is 5.12 Å². The van der Waals surface area contributed by atoms with Crippen molar-refractivity contribution in [2.75, 3.05) is 23.0 Å². The van der Waals surface area contributed by atoms with E-state index in [4.69, 9.17) is 0 Å². The van der Waals surface area contributed by atoms with Gasteiger partial charge in [0.25, 0.3) is 0 Å². The summed E-state index contributed by atoms with van der Waals surface area (Å²) in [4.78, 5) is 26.3. The van der Waals surface area contributed by atoms with E-state index in [0.29, 0.717) is 6.42 Å². The highest BCUT2D eigenvalue weighted by Crippen LogP contribution is 2.34. The van der Waals surface area contributed by atoms with Crippen molar-refractivity contribution in [1.29, 1.82) is 0 Å². The first-order chi connectivity index (χ1) is 9.61. The van der Waals surface area contributed by atoms with E-state index in [-0.39, 0.29) is 16.9 Å². The third kappa shape index (κ3) is 3.79. The second-order valence-corrected chi connectivity index (χ2v) is 7.28. The fourth-order valence-electron chi connectivity index (χ4n) is 2.32. The van der Waals surface area contributed by atoms with Crippen LogP contribution in [-0.4, -0.2) is 29.1 Å². The molecule has 0 saturated carbocycles. The van der Waals surface area contributed by atoms with Crippen molar-refractivity contribution in [2.45, 2.75) is 25.2 Å². The third-order valence-corrected chi connectivity index (χ3v) is 5.17. The molecule has 0 aliphatic carbocycles. The molecule has 108 valence electrons. The number of carbonyl (C=O) groups excluding carboxylic acids is 2. The van der Waals surface area contributed by atoms with Gasteiger partial charge >= 0.3 is 0 Å². The largest absolute Gasteiger partial charge is 0.311 e. The quantitative estimate of drug-likeness (QED) is 0.781. The fourth-order valence-corrected chi connectivity index (χ4v) is 3.82. The molecule has 0 N–H and O–H groups in total. The molecule has 1 fully saturated rings. The van der Waals surface area contributed by atoms with Crippen LogP contribution < -0.4 is 4.90 Å². The number of benzene rings is 1. The van der Waals surface area contributed by atoms with Gasteiger partial charge in [-0.25, -0.2) is 0 Å². The van der Waals surface area contributed by atoms with E-state index < -0.39 is 0 Å². The zero-order valence-electron chi connectivity index (χ0n) is 11.8. The summed E-state index contributed by atoms with van der Waals surface area (Å²) >= 11 is 3.08. The molecule has 1 amide bonds. The smallest absolute Gasteiger partial charge is 0.227 e. The Morgan fingerprint density at radius 3 is 2.85 bits per heavy atom. The number of rotatable bonds is 5. The van der Waals surface area contributed by atoms with Crippen LogP contribution in [-0.2, 0) is 9.59 Å². The maximum Gasteiger partial charge on any atom is 0.227 e. The molecule has 1 aliphatic rings. The summed E-state index contributed by atoms with van der Waals surface area (Å²) in [6.07, 6.45) is 0.547. The summed E-state index contributed by atoms with van der Waals surface area (Å²) in [7, 11) is 0. The first-order valence-electron chi connectivity index (χ1n) is 6.77. The predicted molar refractivity (Wildman–Crippen MR) is 86.4 cm³/mol. The van der Waals surface area contributed by atoms with Crippen molar-refractivity contribution >= 4 is 40.2 Å². The lowest BCUT2D eigenvalue weighted by atomic mass is 10.1. The van der Waals surface area contributed by atoms with Crippen LogP contribution in [0.25, 0.3) is 0 Å². The Labute approximate surface area is 128 Å². The summed E-state index contributed by atoms with van der Waals surface area (Å²) in [5.74, 6) is 2.17. The topological polar surface area (TPSA) is 37.4 Å². The molecule has 0 bridgehead atoms. The van der Waals surface area contributed by atoms with Gasteiger partial charge in [-0.05, 0) is 23.8 Å². The van der Waals surface area contributed by atoms with Crippen LogP contribution in [0.15, 0.2) is 29.2 Å². The molecule has 0 radical (unpaired) electrons. The lowest BCUT2D eigenvalue weighted by Crippen LogP contribution is -2.25. The summed E-state index contributed by atoms with van der Waals surface area (Å²) in [5, 5.41) is 0.123. The second-order valence-electron chi connectivity index (χ2n) is 4.78. The van der Waals surface area contributed by atoms with E-state index >= 15 is 0 Å². The molecule has 0 spiro atoms. The lowest BCUT2D eigenvalue weighted by Gasteiger charge is -2.19. The monoisotopic (exact) mass is 309 g/mol. The summed E-state index contributed by atoms with van der Waals surface area (Å²) < 4.78 is 0. The molecule has 1 aromatic rings. The summed E-state index contributed by atoms with van der Waals surface area (Å²) in [5.41, 5.74) is 1.01. The van der Waals surface area contributed by atoms with Crippen molar-refractivity contribution in [3.63, 3.8) is 0 Å². The zero-order valence-corrected chi connectivity index (χ0v) is 13.4. The van der Waals surface area contributed by atoms with E-state index in [1.165, 1.54) is 11.8 Å². The van der Waals surface area contributed by atoms with Gasteiger partial charge in [0.05, 0.1) is 5.69 Å². The van der Waals surface area contributed by atoms with E-state index in [1.807, 2.05) is 23.1 Å². The zero-order chi connectivity index (χ0) is 14.5. The van der Waals surface area contributed by atoms with E-state index in [1.54, 1.807) is 18.7 Å². The molecular formula is C15H19NO2S2. The van der Waals surface area contributed by atoms with Gasteiger partial charge in [-0.15, -0.1) is 11.8 Å². The molecule has 1 aliphatic heterocycles. The average molecular weight is 309 g/mol. The van der Waals surface area contributed by atoms with Crippen molar-refractivity contribution in [2.24, 2.45) is 5.92 Å². The fraction of sp³-hybridized carbons (Fsp3) is 0.467. The Balaban J connectivity index is 2.09.